The average Bonchev–Trinajstić information content (AvgIpc) is 2.81. The first kappa shape index (κ1) is 25.4. The molecular weight excluding hydrogens is 493 g/mol. The fourth-order valence-electron chi connectivity index (χ4n) is 3.43. The summed E-state index contributed by atoms with van der Waals surface area (Å²) < 4.78 is 5.28. The maximum atomic E-state index is 12.9. The summed E-state index contributed by atoms with van der Waals surface area (Å²) in [5.74, 6) is -1.58. The Morgan fingerprint density at radius 3 is 2.71 bits per heavy atom. The number of carbonyl (C=O) groups excluding carboxylic acids is 2. The molecule has 1 aliphatic heterocycles. The van der Waals surface area contributed by atoms with Crippen LogP contribution >= 0.6 is 35.0 Å². The minimum atomic E-state index is -0.754. The molecule has 1 amide bonds. The number of halogens is 2. The fourth-order valence-corrected chi connectivity index (χ4v) is 4.76. The number of dihydropyridines is 1. The van der Waals surface area contributed by atoms with Gasteiger partial charge in [0.2, 0.25) is 5.91 Å². The number of thioether (sulfide) groups is 1. The number of hydrogen-bond acceptors (Lipinski definition) is 6. The minimum absolute atomic E-state index is 0.0266. The van der Waals surface area contributed by atoms with Gasteiger partial charge in [0.15, 0.2) is 0 Å². The van der Waals surface area contributed by atoms with Gasteiger partial charge in [0.25, 0.3) is 0 Å². The van der Waals surface area contributed by atoms with Crippen LogP contribution in [0.4, 0.5) is 5.69 Å². The summed E-state index contributed by atoms with van der Waals surface area (Å²) in [6.45, 7) is 5.31. The van der Waals surface area contributed by atoms with Gasteiger partial charge in [-0.25, -0.2) is 4.79 Å². The summed E-state index contributed by atoms with van der Waals surface area (Å²) in [5.41, 5.74) is 2.22. The molecule has 1 heterocycles. The standard InChI is InChI=1S/C25H21Cl2N3O3S/c1-3-11-33-25(32)22-15(2)29-24(19(13-28)23(22)18-9-4-5-10-20(18)27)34-14-21(31)30-17-8-6-7-16(26)12-17/h3-10,12,23,29H,1,11,14H2,2H3,(H,30,31)/t23-/m1/s1. The molecule has 0 radical (unpaired) electrons. The molecule has 0 spiro atoms. The monoisotopic (exact) mass is 513 g/mol. The Morgan fingerprint density at radius 2 is 2.03 bits per heavy atom. The van der Waals surface area contributed by atoms with E-state index in [4.69, 9.17) is 27.9 Å². The highest BCUT2D eigenvalue weighted by molar-refractivity contribution is 8.03. The zero-order valence-electron chi connectivity index (χ0n) is 18.2. The molecule has 9 heteroatoms. The summed E-state index contributed by atoms with van der Waals surface area (Å²) >= 11 is 13.6. The van der Waals surface area contributed by atoms with Gasteiger partial charge in [-0.2, -0.15) is 5.26 Å². The molecule has 0 saturated heterocycles. The molecule has 0 aliphatic carbocycles. The van der Waals surface area contributed by atoms with E-state index in [1.165, 1.54) is 6.08 Å². The summed E-state index contributed by atoms with van der Waals surface area (Å²) in [6, 6.07) is 16.0. The Kier molecular flexibility index (Phi) is 8.83. The van der Waals surface area contributed by atoms with E-state index in [2.05, 4.69) is 23.3 Å². The maximum absolute atomic E-state index is 12.9. The topological polar surface area (TPSA) is 91.2 Å². The molecule has 0 saturated carbocycles. The number of allylic oxidation sites excluding steroid dienone is 2. The lowest BCUT2D eigenvalue weighted by molar-refractivity contribution is -0.138. The predicted molar refractivity (Wildman–Crippen MR) is 136 cm³/mol. The fraction of sp³-hybridized carbons (Fsp3) is 0.160. The summed E-state index contributed by atoms with van der Waals surface area (Å²) in [6.07, 6.45) is 1.47. The van der Waals surface area contributed by atoms with Gasteiger partial charge in [-0.15, -0.1) is 0 Å². The van der Waals surface area contributed by atoms with E-state index in [-0.39, 0.29) is 29.4 Å². The van der Waals surface area contributed by atoms with Crippen LogP contribution in [0.15, 0.2) is 83.1 Å². The quantitative estimate of drug-likeness (QED) is 0.342. The highest BCUT2D eigenvalue weighted by Gasteiger charge is 2.36. The van der Waals surface area contributed by atoms with E-state index in [1.54, 1.807) is 55.5 Å². The number of anilines is 1. The molecule has 1 aliphatic rings. The molecule has 6 nitrogen and oxygen atoms in total. The normalized spacial score (nSPS) is 15.3. The van der Waals surface area contributed by atoms with Gasteiger partial charge >= 0.3 is 5.97 Å². The first-order chi connectivity index (χ1) is 16.3. The van der Waals surface area contributed by atoms with Crippen LogP contribution in [0.3, 0.4) is 0 Å². The Morgan fingerprint density at radius 1 is 1.26 bits per heavy atom. The Hall–Kier alpha value is -3.18. The minimum Gasteiger partial charge on any atom is -0.458 e. The molecule has 0 bridgehead atoms. The number of amides is 1. The van der Waals surface area contributed by atoms with E-state index in [1.807, 2.05) is 0 Å². The summed E-state index contributed by atoms with van der Waals surface area (Å²) in [7, 11) is 0. The number of hydrogen-bond donors (Lipinski definition) is 2. The van der Waals surface area contributed by atoms with Crippen molar-refractivity contribution in [2.24, 2.45) is 0 Å². The molecule has 174 valence electrons. The second-order valence-corrected chi connectivity index (χ2v) is 9.04. The third kappa shape index (κ3) is 6.03. The highest BCUT2D eigenvalue weighted by Crippen LogP contribution is 2.43. The van der Waals surface area contributed by atoms with E-state index in [0.29, 0.717) is 32.0 Å². The SMILES string of the molecule is C=CCOC(=O)C1=C(C)NC(SCC(=O)Nc2cccc(Cl)c2)=C(C#N)[C@H]1c1ccccc1Cl. The Labute approximate surface area is 212 Å². The van der Waals surface area contributed by atoms with Crippen LogP contribution in [0.25, 0.3) is 0 Å². The zero-order valence-corrected chi connectivity index (χ0v) is 20.6. The van der Waals surface area contributed by atoms with Crippen molar-refractivity contribution < 1.29 is 14.3 Å². The van der Waals surface area contributed by atoms with Crippen molar-refractivity contribution in [3.8, 4) is 6.07 Å². The molecule has 0 unspecified atom stereocenters. The van der Waals surface area contributed by atoms with Crippen LogP contribution in [-0.4, -0.2) is 24.2 Å². The number of esters is 1. The van der Waals surface area contributed by atoms with Crippen LogP contribution in [0.2, 0.25) is 10.0 Å². The lowest BCUT2D eigenvalue weighted by Crippen LogP contribution is -2.29. The lowest BCUT2D eigenvalue weighted by Gasteiger charge is -2.29. The number of nitriles is 1. The van der Waals surface area contributed by atoms with E-state index >= 15 is 0 Å². The maximum Gasteiger partial charge on any atom is 0.337 e. The van der Waals surface area contributed by atoms with E-state index in [9.17, 15) is 14.9 Å². The summed E-state index contributed by atoms with van der Waals surface area (Å²) in [5, 5.41) is 17.3. The van der Waals surface area contributed by atoms with Gasteiger partial charge in [0.1, 0.15) is 6.61 Å². The van der Waals surface area contributed by atoms with Crippen LogP contribution in [0.1, 0.15) is 18.4 Å². The molecule has 2 N–H and O–H groups in total. The first-order valence-corrected chi connectivity index (χ1v) is 11.9. The molecule has 0 fully saturated rings. The molecule has 2 aromatic carbocycles. The van der Waals surface area contributed by atoms with Gasteiger partial charge in [0.05, 0.1) is 33.9 Å². The lowest BCUT2D eigenvalue weighted by atomic mass is 9.82. The second-order valence-electron chi connectivity index (χ2n) is 7.21. The van der Waals surface area contributed by atoms with Crippen molar-refractivity contribution in [3.63, 3.8) is 0 Å². The smallest absolute Gasteiger partial charge is 0.337 e. The van der Waals surface area contributed by atoms with Crippen molar-refractivity contribution in [2.45, 2.75) is 12.8 Å². The van der Waals surface area contributed by atoms with Crippen LogP contribution < -0.4 is 10.6 Å². The average molecular weight is 514 g/mol. The predicted octanol–water partition coefficient (Wildman–Crippen LogP) is 5.79. The first-order valence-electron chi connectivity index (χ1n) is 10.2. The van der Waals surface area contributed by atoms with Gasteiger partial charge in [-0.1, -0.05) is 71.9 Å². The van der Waals surface area contributed by atoms with Crippen molar-refractivity contribution in [3.05, 3.63) is 98.7 Å². The highest BCUT2D eigenvalue weighted by atomic mass is 35.5. The molecular formula is C25H21Cl2N3O3S. The molecule has 0 aromatic heterocycles. The number of benzene rings is 2. The molecule has 3 rings (SSSR count). The third-order valence-corrected chi connectivity index (χ3v) is 6.47. The molecule has 34 heavy (non-hydrogen) atoms. The zero-order chi connectivity index (χ0) is 24.7. The number of nitrogens with one attached hydrogen (secondary N) is 2. The van der Waals surface area contributed by atoms with Crippen molar-refractivity contribution in [2.75, 3.05) is 17.7 Å². The van der Waals surface area contributed by atoms with Crippen LogP contribution in [0, 0.1) is 11.3 Å². The van der Waals surface area contributed by atoms with Crippen molar-refractivity contribution in [1.29, 1.82) is 5.26 Å². The third-order valence-electron chi connectivity index (χ3n) is 4.87. The van der Waals surface area contributed by atoms with Crippen LogP contribution in [-0.2, 0) is 14.3 Å². The van der Waals surface area contributed by atoms with E-state index in [0.717, 1.165) is 11.8 Å². The number of nitrogens with zero attached hydrogens (tertiary/aromatic N) is 1. The van der Waals surface area contributed by atoms with Gasteiger partial charge in [-0.05, 0) is 36.8 Å². The molecule has 1 atom stereocenters. The van der Waals surface area contributed by atoms with Crippen molar-refractivity contribution >= 4 is 52.5 Å². The Balaban J connectivity index is 1.92. The van der Waals surface area contributed by atoms with Gasteiger partial charge in [-0.3, -0.25) is 4.79 Å². The summed E-state index contributed by atoms with van der Waals surface area (Å²) in [4.78, 5) is 25.4. The van der Waals surface area contributed by atoms with E-state index < -0.39 is 11.9 Å². The Bertz CT molecular complexity index is 1230. The largest absolute Gasteiger partial charge is 0.458 e. The number of ether oxygens (including phenoxy) is 1. The van der Waals surface area contributed by atoms with Gasteiger partial charge in [0, 0.05) is 21.4 Å². The van der Waals surface area contributed by atoms with Crippen molar-refractivity contribution in [1.82, 2.24) is 5.32 Å². The molecule has 2 aromatic rings. The van der Waals surface area contributed by atoms with Crippen LogP contribution in [0.5, 0.6) is 0 Å². The van der Waals surface area contributed by atoms with Gasteiger partial charge < -0.3 is 15.4 Å². The second kappa shape index (κ2) is 11.8. The number of carbonyl (C=O) groups is 2. The number of rotatable bonds is 8.